The number of hydrogen-bond acceptors (Lipinski definition) is 5. The molecule has 0 aliphatic carbocycles. The molecule has 3 N–H and O–H groups in total. The number of alkyl carbamates (subject to hydrolysis) is 1. The third-order valence-corrected chi connectivity index (χ3v) is 4.69. The number of halogens is 2. The molecular formula is C21H22Br2N4O2. The minimum atomic E-state index is -0.505. The van der Waals surface area contributed by atoms with Crippen molar-refractivity contribution >= 4 is 38.0 Å². The molecule has 2 aromatic carbocycles. The van der Waals surface area contributed by atoms with Gasteiger partial charge in [0, 0.05) is 22.0 Å². The van der Waals surface area contributed by atoms with Crippen molar-refractivity contribution in [3.8, 4) is 12.1 Å². The molecule has 0 saturated carbocycles. The minimum Gasteiger partial charge on any atom is -0.444 e. The van der Waals surface area contributed by atoms with Crippen LogP contribution >= 0.6 is 31.9 Å². The van der Waals surface area contributed by atoms with Gasteiger partial charge in [0.2, 0.25) is 0 Å². The molecule has 0 bridgehead atoms. The third kappa shape index (κ3) is 9.10. The Bertz CT molecular complexity index is 941. The zero-order valence-electron chi connectivity index (χ0n) is 16.4. The van der Waals surface area contributed by atoms with Crippen molar-refractivity contribution in [2.24, 2.45) is 5.73 Å². The van der Waals surface area contributed by atoms with Crippen LogP contribution < -0.4 is 11.1 Å². The summed E-state index contributed by atoms with van der Waals surface area (Å²) in [6, 6.07) is 14.9. The lowest BCUT2D eigenvalue weighted by Gasteiger charge is -2.19. The number of carbonyl (C=O) groups excluding carboxylic acids is 1. The molecule has 0 radical (unpaired) electrons. The monoisotopic (exact) mass is 520 g/mol. The lowest BCUT2D eigenvalue weighted by atomic mass is 10.1. The summed E-state index contributed by atoms with van der Waals surface area (Å²) < 4.78 is 6.64. The van der Waals surface area contributed by atoms with Gasteiger partial charge in [-0.1, -0.05) is 12.1 Å². The van der Waals surface area contributed by atoms with Gasteiger partial charge in [-0.3, -0.25) is 0 Å². The average molecular weight is 522 g/mol. The van der Waals surface area contributed by atoms with Crippen LogP contribution in [0.15, 0.2) is 45.3 Å². The fourth-order valence-corrected chi connectivity index (χ4v) is 3.05. The molecule has 0 aromatic heterocycles. The summed E-state index contributed by atoms with van der Waals surface area (Å²) in [4.78, 5) is 11.4. The normalized spacial score (nSPS) is 10.1. The number of rotatable bonds is 3. The summed E-state index contributed by atoms with van der Waals surface area (Å²) in [6.07, 6.45) is -0.456. The van der Waals surface area contributed by atoms with Crippen LogP contribution in [0.2, 0.25) is 0 Å². The zero-order chi connectivity index (χ0) is 22.0. The van der Waals surface area contributed by atoms with Crippen LogP contribution in [0, 0.1) is 22.7 Å². The van der Waals surface area contributed by atoms with Gasteiger partial charge >= 0.3 is 6.09 Å². The molecule has 2 rings (SSSR count). The van der Waals surface area contributed by atoms with Crippen molar-refractivity contribution < 1.29 is 9.53 Å². The van der Waals surface area contributed by atoms with Crippen LogP contribution in [-0.4, -0.2) is 11.7 Å². The summed E-state index contributed by atoms with van der Waals surface area (Å²) in [7, 11) is 0. The van der Waals surface area contributed by atoms with Gasteiger partial charge in [0.25, 0.3) is 0 Å². The molecule has 0 aliphatic rings. The Hall–Kier alpha value is -2.39. The number of carbonyl (C=O) groups is 1. The van der Waals surface area contributed by atoms with E-state index in [0.29, 0.717) is 28.7 Å². The van der Waals surface area contributed by atoms with E-state index < -0.39 is 11.7 Å². The van der Waals surface area contributed by atoms with E-state index in [4.69, 9.17) is 21.0 Å². The maximum Gasteiger partial charge on any atom is 0.407 e. The predicted molar refractivity (Wildman–Crippen MR) is 119 cm³/mol. The molecule has 0 atom stereocenters. The molecule has 8 heteroatoms. The Kier molecular flexibility index (Phi) is 9.84. The summed E-state index contributed by atoms with van der Waals surface area (Å²) in [6.45, 7) is 6.30. The number of ether oxygens (including phenoxy) is 1. The van der Waals surface area contributed by atoms with Crippen LogP contribution in [-0.2, 0) is 17.8 Å². The molecular weight excluding hydrogens is 500 g/mol. The second-order valence-corrected chi connectivity index (χ2v) is 8.62. The lowest BCUT2D eigenvalue weighted by molar-refractivity contribution is 0.0523. The fourth-order valence-electron chi connectivity index (χ4n) is 2.02. The molecule has 0 aliphatic heterocycles. The number of nitrogens with two attached hydrogens (primary N) is 1. The first-order valence-corrected chi connectivity index (χ1v) is 10.2. The first-order chi connectivity index (χ1) is 13.6. The molecule has 29 heavy (non-hydrogen) atoms. The smallest absolute Gasteiger partial charge is 0.407 e. The zero-order valence-corrected chi connectivity index (χ0v) is 19.6. The Labute approximate surface area is 187 Å². The van der Waals surface area contributed by atoms with Crippen molar-refractivity contribution in [1.82, 2.24) is 5.32 Å². The van der Waals surface area contributed by atoms with Gasteiger partial charge in [-0.15, -0.1) is 0 Å². The highest BCUT2D eigenvalue weighted by atomic mass is 79.9. The highest BCUT2D eigenvalue weighted by Gasteiger charge is 2.15. The molecule has 0 unspecified atom stereocenters. The number of nitriles is 2. The van der Waals surface area contributed by atoms with Crippen LogP contribution in [0.5, 0.6) is 0 Å². The number of hydrogen-bond donors (Lipinski definition) is 2. The Morgan fingerprint density at radius 1 is 1.03 bits per heavy atom. The number of amides is 1. The van der Waals surface area contributed by atoms with E-state index in [1.165, 1.54) is 0 Å². The van der Waals surface area contributed by atoms with E-state index >= 15 is 0 Å². The first kappa shape index (κ1) is 24.6. The molecule has 0 spiro atoms. The Morgan fingerprint density at radius 2 is 1.52 bits per heavy atom. The summed E-state index contributed by atoms with van der Waals surface area (Å²) in [5.41, 5.74) is 8.03. The molecule has 2 aromatic rings. The maximum absolute atomic E-state index is 11.4. The van der Waals surface area contributed by atoms with Crippen LogP contribution in [0.3, 0.4) is 0 Å². The van der Waals surface area contributed by atoms with Gasteiger partial charge in [-0.2, -0.15) is 10.5 Å². The average Bonchev–Trinajstić information content (AvgIpc) is 2.65. The lowest BCUT2D eigenvalue weighted by Crippen LogP contribution is -2.32. The SMILES string of the molecule is CC(C)(C)OC(=O)NCc1ccc(C#N)c(Br)c1.N#Cc1ccc(CN)cc1Br. The van der Waals surface area contributed by atoms with Gasteiger partial charge in [-0.25, -0.2) is 4.79 Å². The second kappa shape index (κ2) is 11.6. The Balaban J connectivity index is 0.000000326. The van der Waals surface area contributed by atoms with Gasteiger partial charge in [-0.05, 0) is 88.0 Å². The van der Waals surface area contributed by atoms with Crippen molar-refractivity contribution in [2.45, 2.75) is 39.5 Å². The molecule has 152 valence electrons. The van der Waals surface area contributed by atoms with Gasteiger partial charge in [0.15, 0.2) is 0 Å². The first-order valence-electron chi connectivity index (χ1n) is 8.63. The summed E-state index contributed by atoms with van der Waals surface area (Å²) in [5, 5.41) is 20.0. The fraction of sp³-hybridized carbons (Fsp3) is 0.286. The predicted octanol–water partition coefficient (Wildman–Crippen LogP) is 5.12. The third-order valence-electron chi connectivity index (χ3n) is 3.38. The highest BCUT2D eigenvalue weighted by molar-refractivity contribution is 9.10. The van der Waals surface area contributed by atoms with E-state index in [1.54, 1.807) is 24.3 Å². The summed E-state index contributed by atoms with van der Waals surface area (Å²) >= 11 is 6.57. The van der Waals surface area contributed by atoms with Crippen LogP contribution in [0.1, 0.15) is 43.0 Å². The largest absolute Gasteiger partial charge is 0.444 e. The molecule has 0 saturated heterocycles. The number of nitrogens with one attached hydrogen (secondary N) is 1. The van der Waals surface area contributed by atoms with Crippen molar-refractivity contribution in [3.63, 3.8) is 0 Å². The van der Waals surface area contributed by atoms with E-state index in [-0.39, 0.29) is 0 Å². The van der Waals surface area contributed by atoms with Crippen molar-refractivity contribution in [3.05, 3.63) is 67.6 Å². The van der Waals surface area contributed by atoms with E-state index in [2.05, 4.69) is 49.3 Å². The maximum atomic E-state index is 11.4. The van der Waals surface area contributed by atoms with Gasteiger partial charge in [0.05, 0.1) is 11.1 Å². The van der Waals surface area contributed by atoms with Crippen LogP contribution in [0.25, 0.3) is 0 Å². The van der Waals surface area contributed by atoms with E-state index in [1.807, 2.05) is 32.9 Å². The standard InChI is InChI=1S/C13H15BrN2O2.C8H7BrN2/c1-13(2,3)18-12(17)16-8-9-4-5-10(7-15)11(14)6-9;9-8-3-6(4-10)1-2-7(8)5-11/h4-6H,8H2,1-3H3,(H,16,17);1-3H,4,10H2. The summed E-state index contributed by atoms with van der Waals surface area (Å²) in [5.74, 6) is 0. The molecule has 1 amide bonds. The number of nitrogens with zero attached hydrogens (tertiary/aromatic N) is 2. The molecule has 0 fully saturated rings. The van der Waals surface area contributed by atoms with Crippen LogP contribution in [0.4, 0.5) is 4.79 Å². The minimum absolute atomic E-state index is 0.360. The quantitative estimate of drug-likeness (QED) is 0.581. The molecule has 6 nitrogen and oxygen atoms in total. The topological polar surface area (TPSA) is 112 Å². The number of benzene rings is 2. The van der Waals surface area contributed by atoms with Crippen molar-refractivity contribution in [1.29, 1.82) is 10.5 Å². The Morgan fingerprint density at radius 3 is 1.93 bits per heavy atom. The molecule has 0 heterocycles. The second-order valence-electron chi connectivity index (χ2n) is 6.91. The van der Waals surface area contributed by atoms with Crippen molar-refractivity contribution in [2.75, 3.05) is 0 Å². The van der Waals surface area contributed by atoms with E-state index in [9.17, 15) is 4.79 Å². The van der Waals surface area contributed by atoms with E-state index in [0.717, 1.165) is 15.6 Å². The van der Waals surface area contributed by atoms with Gasteiger partial charge in [0.1, 0.15) is 17.7 Å². The highest BCUT2D eigenvalue weighted by Crippen LogP contribution is 2.18. The van der Waals surface area contributed by atoms with Gasteiger partial charge < -0.3 is 15.8 Å².